The SMILES string of the molecule is O=C1CN(CCCNC(=O)N2Cc3ccccc3[C@@H](O)C2)CCN1. The van der Waals surface area contributed by atoms with Gasteiger partial charge in [0.05, 0.1) is 19.2 Å². The number of nitrogens with one attached hydrogen (secondary N) is 2. The van der Waals surface area contributed by atoms with Crippen molar-refractivity contribution in [1.29, 1.82) is 0 Å². The lowest BCUT2D eigenvalue weighted by molar-refractivity contribution is -0.124. The fraction of sp³-hybridized carbons (Fsp3) is 0.529. The van der Waals surface area contributed by atoms with E-state index in [4.69, 9.17) is 0 Å². The summed E-state index contributed by atoms with van der Waals surface area (Å²) in [5.41, 5.74) is 1.90. The summed E-state index contributed by atoms with van der Waals surface area (Å²) < 4.78 is 0. The zero-order valence-electron chi connectivity index (χ0n) is 13.7. The van der Waals surface area contributed by atoms with E-state index in [1.54, 1.807) is 4.90 Å². The second kappa shape index (κ2) is 7.63. The van der Waals surface area contributed by atoms with Gasteiger partial charge in [-0.25, -0.2) is 4.79 Å². The van der Waals surface area contributed by atoms with Crippen LogP contribution in [-0.2, 0) is 11.3 Å². The highest BCUT2D eigenvalue weighted by Gasteiger charge is 2.26. The maximum atomic E-state index is 12.3. The summed E-state index contributed by atoms with van der Waals surface area (Å²) in [5.74, 6) is 0.0613. The Morgan fingerprint density at radius 1 is 1.33 bits per heavy atom. The maximum Gasteiger partial charge on any atom is 0.317 e. The van der Waals surface area contributed by atoms with E-state index < -0.39 is 6.10 Å². The Hall–Kier alpha value is -2.12. The molecular weight excluding hydrogens is 308 g/mol. The van der Waals surface area contributed by atoms with Gasteiger partial charge < -0.3 is 20.6 Å². The average molecular weight is 332 g/mol. The Labute approximate surface area is 141 Å². The van der Waals surface area contributed by atoms with Crippen LogP contribution in [0.15, 0.2) is 24.3 Å². The molecule has 0 aromatic heterocycles. The van der Waals surface area contributed by atoms with Crippen LogP contribution in [0, 0.1) is 0 Å². The van der Waals surface area contributed by atoms with Crippen molar-refractivity contribution in [2.45, 2.75) is 19.1 Å². The minimum Gasteiger partial charge on any atom is -0.387 e. The van der Waals surface area contributed by atoms with Crippen molar-refractivity contribution in [2.24, 2.45) is 0 Å². The highest BCUT2D eigenvalue weighted by molar-refractivity contribution is 5.78. The largest absolute Gasteiger partial charge is 0.387 e. The summed E-state index contributed by atoms with van der Waals surface area (Å²) in [6, 6.07) is 7.52. The topological polar surface area (TPSA) is 84.9 Å². The summed E-state index contributed by atoms with van der Waals surface area (Å²) in [4.78, 5) is 27.3. The first kappa shape index (κ1) is 16.7. The molecule has 0 spiro atoms. The normalized spacial score (nSPS) is 21.1. The maximum absolute atomic E-state index is 12.3. The number of urea groups is 1. The number of carbonyl (C=O) groups excluding carboxylic acids is 2. The summed E-state index contributed by atoms with van der Waals surface area (Å²) in [6.07, 6.45) is 0.166. The lowest BCUT2D eigenvalue weighted by Gasteiger charge is -2.32. The average Bonchev–Trinajstić information content (AvgIpc) is 2.58. The van der Waals surface area contributed by atoms with Crippen molar-refractivity contribution in [2.75, 3.05) is 39.3 Å². The zero-order chi connectivity index (χ0) is 16.9. The van der Waals surface area contributed by atoms with Gasteiger partial charge in [-0.2, -0.15) is 0 Å². The molecule has 0 saturated carbocycles. The first-order chi connectivity index (χ1) is 11.6. The van der Waals surface area contributed by atoms with E-state index >= 15 is 0 Å². The van der Waals surface area contributed by atoms with Crippen LogP contribution < -0.4 is 10.6 Å². The van der Waals surface area contributed by atoms with Crippen LogP contribution in [0.4, 0.5) is 4.79 Å². The third-order valence-electron chi connectivity index (χ3n) is 4.50. The Kier molecular flexibility index (Phi) is 5.32. The van der Waals surface area contributed by atoms with E-state index in [1.165, 1.54) is 0 Å². The van der Waals surface area contributed by atoms with Gasteiger partial charge in [0, 0.05) is 32.7 Å². The number of rotatable bonds is 4. The first-order valence-electron chi connectivity index (χ1n) is 8.41. The van der Waals surface area contributed by atoms with Crippen molar-refractivity contribution in [1.82, 2.24) is 20.4 Å². The van der Waals surface area contributed by atoms with Gasteiger partial charge in [0.25, 0.3) is 0 Å². The van der Waals surface area contributed by atoms with Crippen LogP contribution in [0.2, 0.25) is 0 Å². The molecular formula is C17H24N4O3. The number of fused-ring (bicyclic) bond motifs is 1. The van der Waals surface area contributed by atoms with Crippen LogP contribution in [0.25, 0.3) is 0 Å². The molecule has 2 aliphatic rings. The molecule has 0 radical (unpaired) electrons. The van der Waals surface area contributed by atoms with E-state index in [2.05, 4.69) is 15.5 Å². The second-order valence-corrected chi connectivity index (χ2v) is 6.31. The third-order valence-corrected chi connectivity index (χ3v) is 4.50. The Balaban J connectivity index is 1.42. The molecule has 3 rings (SSSR count). The lowest BCUT2D eigenvalue weighted by atomic mass is 9.98. The van der Waals surface area contributed by atoms with Crippen LogP contribution in [0.3, 0.4) is 0 Å². The summed E-state index contributed by atoms with van der Waals surface area (Å²) in [6.45, 7) is 4.17. The number of piperazine rings is 1. The number of aliphatic hydroxyl groups is 1. The number of hydrogen-bond donors (Lipinski definition) is 3. The zero-order valence-corrected chi connectivity index (χ0v) is 13.7. The standard InChI is InChI=1S/C17H24N4O3/c22-15-11-21(10-13-4-1-2-5-14(13)15)17(24)19-6-3-8-20-9-7-18-16(23)12-20/h1-2,4-5,15,22H,3,6-12H2,(H,18,23)(H,19,24)/t15-/m0/s1. The molecule has 1 aromatic rings. The first-order valence-corrected chi connectivity index (χ1v) is 8.41. The van der Waals surface area contributed by atoms with E-state index in [1.807, 2.05) is 24.3 Å². The number of carbonyl (C=O) groups is 2. The number of amides is 3. The van der Waals surface area contributed by atoms with Crippen molar-refractivity contribution in [3.63, 3.8) is 0 Å². The van der Waals surface area contributed by atoms with Gasteiger partial charge in [-0.1, -0.05) is 24.3 Å². The quantitative estimate of drug-likeness (QED) is 0.681. The molecule has 3 N–H and O–H groups in total. The predicted octanol–water partition coefficient (Wildman–Crippen LogP) is 0.0671. The van der Waals surface area contributed by atoms with Gasteiger partial charge in [0.1, 0.15) is 0 Å². The lowest BCUT2D eigenvalue weighted by Crippen LogP contribution is -2.48. The van der Waals surface area contributed by atoms with Crippen molar-refractivity contribution < 1.29 is 14.7 Å². The monoisotopic (exact) mass is 332 g/mol. The van der Waals surface area contributed by atoms with Gasteiger partial charge in [0.2, 0.25) is 5.91 Å². The third kappa shape index (κ3) is 4.04. The molecule has 7 nitrogen and oxygen atoms in total. The van der Waals surface area contributed by atoms with E-state index in [0.717, 1.165) is 30.6 Å². The van der Waals surface area contributed by atoms with Gasteiger partial charge in [-0.05, 0) is 17.5 Å². The molecule has 2 heterocycles. The van der Waals surface area contributed by atoms with Crippen LogP contribution >= 0.6 is 0 Å². The molecule has 1 atom stereocenters. The number of hydrogen-bond acceptors (Lipinski definition) is 4. The molecule has 0 unspecified atom stereocenters. The Morgan fingerprint density at radius 2 is 2.17 bits per heavy atom. The van der Waals surface area contributed by atoms with Crippen LogP contribution in [0.5, 0.6) is 0 Å². The molecule has 1 aromatic carbocycles. The fourth-order valence-corrected chi connectivity index (χ4v) is 3.23. The Bertz CT molecular complexity index is 607. The molecule has 1 fully saturated rings. The minimum absolute atomic E-state index is 0.0613. The Morgan fingerprint density at radius 3 is 3.00 bits per heavy atom. The van der Waals surface area contributed by atoms with Gasteiger partial charge in [-0.3, -0.25) is 9.69 Å². The minimum atomic E-state index is -0.632. The number of benzene rings is 1. The second-order valence-electron chi connectivity index (χ2n) is 6.31. The number of aliphatic hydroxyl groups excluding tert-OH is 1. The van der Waals surface area contributed by atoms with Crippen molar-refractivity contribution in [3.8, 4) is 0 Å². The van der Waals surface area contributed by atoms with E-state index in [-0.39, 0.29) is 11.9 Å². The molecule has 7 heteroatoms. The molecule has 0 aliphatic carbocycles. The van der Waals surface area contributed by atoms with Crippen LogP contribution in [0.1, 0.15) is 23.7 Å². The molecule has 2 aliphatic heterocycles. The molecule has 24 heavy (non-hydrogen) atoms. The van der Waals surface area contributed by atoms with Gasteiger partial charge in [-0.15, -0.1) is 0 Å². The molecule has 3 amide bonds. The highest BCUT2D eigenvalue weighted by Crippen LogP contribution is 2.25. The number of nitrogens with zero attached hydrogens (tertiary/aromatic N) is 2. The molecule has 0 bridgehead atoms. The van der Waals surface area contributed by atoms with Gasteiger partial charge >= 0.3 is 6.03 Å². The van der Waals surface area contributed by atoms with E-state index in [0.29, 0.717) is 32.7 Å². The van der Waals surface area contributed by atoms with Crippen LogP contribution in [-0.4, -0.2) is 66.1 Å². The van der Waals surface area contributed by atoms with Gasteiger partial charge in [0.15, 0.2) is 0 Å². The predicted molar refractivity (Wildman–Crippen MR) is 89.3 cm³/mol. The van der Waals surface area contributed by atoms with Crippen molar-refractivity contribution in [3.05, 3.63) is 35.4 Å². The highest BCUT2D eigenvalue weighted by atomic mass is 16.3. The molecule has 1 saturated heterocycles. The summed E-state index contributed by atoms with van der Waals surface area (Å²) >= 11 is 0. The summed E-state index contributed by atoms with van der Waals surface area (Å²) in [5, 5.41) is 15.9. The van der Waals surface area contributed by atoms with E-state index in [9.17, 15) is 14.7 Å². The smallest absolute Gasteiger partial charge is 0.317 e. The fourth-order valence-electron chi connectivity index (χ4n) is 3.23. The van der Waals surface area contributed by atoms with Crippen molar-refractivity contribution >= 4 is 11.9 Å². The molecule has 130 valence electrons. The summed E-state index contributed by atoms with van der Waals surface area (Å²) in [7, 11) is 0. The number of β-amino-alcohol motifs (C(OH)–C–C–N with tert-alkyl or cyclic N) is 1.